The van der Waals surface area contributed by atoms with E-state index in [9.17, 15) is 18.3 Å². The molecule has 0 saturated carbocycles. The highest BCUT2D eigenvalue weighted by Crippen LogP contribution is 2.16. The van der Waals surface area contributed by atoms with E-state index in [2.05, 4.69) is 5.32 Å². The molecule has 0 spiro atoms. The average molecular weight is 375 g/mol. The molecule has 0 aliphatic rings. The maximum Gasteiger partial charge on any atom is 0.251 e. The second-order valence-electron chi connectivity index (χ2n) is 5.73. The van der Waals surface area contributed by atoms with Gasteiger partial charge in [0, 0.05) is 31.0 Å². The molecule has 1 amide bonds. The number of benzene rings is 1. The quantitative estimate of drug-likeness (QED) is 0.685. The number of hydrogen-bond donors (Lipinski definition) is 2. The smallest absolute Gasteiger partial charge is 0.251 e. The van der Waals surface area contributed by atoms with Crippen molar-refractivity contribution in [2.75, 3.05) is 31.6 Å². The molecule has 1 rings (SSSR count). The summed E-state index contributed by atoms with van der Waals surface area (Å²) < 4.78 is 26.2. The number of carbonyl (C=O) groups is 1. The molecule has 0 fully saturated rings. The summed E-state index contributed by atoms with van der Waals surface area (Å²) in [4.78, 5) is 12.3. The van der Waals surface area contributed by atoms with Crippen LogP contribution in [0.3, 0.4) is 0 Å². The number of sulfonamides is 1. The Bertz CT molecular complexity index is 639. The van der Waals surface area contributed by atoms with Gasteiger partial charge in [0.1, 0.15) is 0 Å². The minimum Gasteiger partial charge on any atom is -0.387 e. The van der Waals surface area contributed by atoms with Crippen LogP contribution < -0.4 is 5.32 Å². The molecular formula is C16H26N2O4S2. The Morgan fingerprint density at radius 2 is 1.79 bits per heavy atom. The van der Waals surface area contributed by atoms with E-state index in [1.807, 2.05) is 6.26 Å². The van der Waals surface area contributed by atoms with E-state index >= 15 is 0 Å². The van der Waals surface area contributed by atoms with Crippen LogP contribution >= 0.6 is 11.8 Å². The Morgan fingerprint density at radius 1 is 1.25 bits per heavy atom. The molecule has 1 unspecified atom stereocenters. The average Bonchev–Trinajstić information content (AvgIpc) is 2.53. The Hall–Kier alpha value is -1.09. The lowest BCUT2D eigenvalue weighted by atomic mass is 10.1. The molecule has 1 atom stereocenters. The van der Waals surface area contributed by atoms with Gasteiger partial charge in [0.2, 0.25) is 10.0 Å². The molecule has 0 heterocycles. The Kier molecular flexibility index (Phi) is 7.72. The lowest BCUT2D eigenvalue weighted by molar-refractivity contribution is 0.0725. The van der Waals surface area contributed by atoms with E-state index < -0.39 is 15.6 Å². The Labute approximate surface area is 148 Å². The number of nitrogens with zero attached hydrogens (tertiary/aromatic N) is 1. The molecule has 0 aliphatic heterocycles. The van der Waals surface area contributed by atoms with Gasteiger partial charge >= 0.3 is 0 Å². The first-order valence-electron chi connectivity index (χ1n) is 7.77. The van der Waals surface area contributed by atoms with Crippen LogP contribution in [0.15, 0.2) is 29.2 Å². The highest BCUT2D eigenvalue weighted by molar-refractivity contribution is 7.98. The van der Waals surface area contributed by atoms with Crippen molar-refractivity contribution in [3.8, 4) is 0 Å². The van der Waals surface area contributed by atoms with Crippen LogP contribution in [0, 0.1) is 0 Å². The van der Waals surface area contributed by atoms with E-state index in [0.29, 0.717) is 24.4 Å². The van der Waals surface area contributed by atoms with Crippen molar-refractivity contribution in [3.05, 3.63) is 29.8 Å². The van der Waals surface area contributed by atoms with Gasteiger partial charge in [-0.3, -0.25) is 4.79 Å². The van der Waals surface area contributed by atoms with Gasteiger partial charge in [0.15, 0.2) is 0 Å². The number of nitrogens with one attached hydrogen (secondary N) is 1. The second-order valence-corrected chi connectivity index (χ2v) is 8.53. The normalized spacial score (nSPS) is 14.4. The lowest BCUT2D eigenvalue weighted by Gasteiger charge is -2.22. The predicted octanol–water partition coefficient (Wildman–Crippen LogP) is 1.56. The monoisotopic (exact) mass is 374 g/mol. The Morgan fingerprint density at radius 3 is 2.25 bits per heavy atom. The highest BCUT2D eigenvalue weighted by atomic mass is 32.2. The predicted molar refractivity (Wildman–Crippen MR) is 97.9 cm³/mol. The second kappa shape index (κ2) is 8.84. The highest BCUT2D eigenvalue weighted by Gasteiger charge is 2.23. The molecule has 0 saturated heterocycles. The minimum atomic E-state index is -3.53. The third kappa shape index (κ3) is 5.47. The molecule has 0 bridgehead atoms. The third-order valence-corrected chi connectivity index (χ3v) is 6.52. The summed E-state index contributed by atoms with van der Waals surface area (Å²) in [5, 5.41) is 12.7. The fraction of sp³-hybridized carbons (Fsp3) is 0.562. The number of aliphatic hydroxyl groups is 1. The van der Waals surface area contributed by atoms with Crippen LogP contribution in [0.25, 0.3) is 0 Å². The first kappa shape index (κ1) is 21.0. The number of thioether (sulfide) groups is 1. The fourth-order valence-electron chi connectivity index (χ4n) is 2.23. The van der Waals surface area contributed by atoms with Crippen molar-refractivity contribution in [2.45, 2.75) is 31.3 Å². The molecular weight excluding hydrogens is 348 g/mol. The van der Waals surface area contributed by atoms with Crippen LogP contribution in [0.1, 0.15) is 31.1 Å². The van der Waals surface area contributed by atoms with Gasteiger partial charge in [-0.15, -0.1) is 0 Å². The van der Waals surface area contributed by atoms with E-state index in [4.69, 9.17) is 0 Å². The summed E-state index contributed by atoms with van der Waals surface area (Å²) in [6.07, 6.45) is 1.88. The maximum absolute atomic E-state index is 12.4. The molecule has 8 heteroatoms. The van der Waals surface area contributed by atoms with Crippen molar-refractivity contribution >= 4 is 27.7 Å². The maximum atomic E-state index is 12.4. The molecule has 2 N–H and O–H groups in total. The molecule has 1 aromatic carbocycles. The topological polar surface area (TPSA) is 86.7 Å². The SMILES string of the molecule is CCN(CC)S(=O)(=O)c1ccc(C(=O)NCC(C)(O)CSC)cc1. The van der Waals surface area contributed by atoms with Crippen LogP contribution in [-0.4, -0.2) is 61.0 Å². The largest absolute Gasteiger partial charge is 0.387 e. The van der Waals surface area contributed by atoms with Crippen LogP contribution in [0.4, 0.5) is 0 Å². The summed E-state index contributed by atoms with van der Waals surface area (Å²) in [6.45, 7) is 6.14. The van der Waals surface area contributed by atoms with Gasteiger partial charge < -0.3 is 10.4 Å². The standard InChI is InChI=1S/C16H26N2O4S2/c1-5-18(6-2)24(21,22)14-9-7-13(8-10-14)15(19)17-11-16(3,20)12-23-4/h7-10,20H,5-6,11-12H2,1-4H3,(H,17,19). The molecule has 0 aliphatic carbocycles. The fourth-order valence-corrected chi connectivity index (χ4v) is 4.41. The van der Waals surface area contributed by atoms with Gasteiger partial charge in [0.05, 0.1) is 10.5 Å². The Balaban J connectivity index is 2.82. The van der Waals surface area contributed by atoms with Crippen LogP contribution in [0.5, 0.6) is 0 Å². The molecule has 0 radical (unpaired) electrons. The van der Waals surface area contributed by atoms with Crippen molar-refractivity contribution < 1.29 is 18.3 Å². The summed E-state index contributed by atoms with van der Waals surface area (Å²) in [7, 11) is -3.53. The van der Waals surface area contributed by atoms with Gasteiger partial charge in [-0.2, -0.15) is 16.1 Å². The number of rotatable bonds is 9. The van der Waals surface area contributed by atoms with Gasteiger partial charge in [-0.05, 0) is 37.4 Å². The van der Waals surface area contributed by atoms with Gasteiger partial charge in [-0.1, -0.05) is 13.8 Å². The first-order chi connectivity index (χ1) is 11.2. The minimum absolute atomic E-state index is 0.131. The van der Waals surface area contributed by atoms with Crippen molar-refractivity contribution in [2.24, 2.45) is 0 Å². The van der Waals surface area contributed by atoms with E-state index in [1.54, 1.807) is 20.8 Å². The van der Waals surface area contributed by atoms with Crippen LogP contribution in [0.2, 0.25) is 0 Å². The van der Waals surface area contributed by atoms with E-state index in [1.165, 1.54) is 40.3 Å². The van der Waals surface area contributed by atoms with E-state index in [0.717, 1.165) is 0 Å². The zero-order valence-corrected chi connectivity index (χ0v) is 16.2. The van der Waals surface area contributed by atoms with Crippen molar-refractivity contribution in [3.63, 3.8) is 0 Å². The van der Waals surface area contributed by atoms with Crippen LogP contribution in [-0.2, 0) is 10.0 Å². The van der Waals surface area contributed by atoms with Crippen molar-refractivity contribution in [1.82, 2.24) is 9.62 Å². The summed E-state index contributed by atoms with van der Waals surface area (Å²) in [6, 6.07) is 5.83. The van der Waals surface area contributed by atoms with E-state index in [-0.39, 0.29) is 17.3 Å². The molecule has 1 aromatic rings. The summed E-state index contributed by atoms with van der Waals surface area (Å²) >= 11 is 1.49. The number of carbonyl (C=O) groups excluding carboxylic acids is 1. The first-order valence-corrected chi connectivity index (χ1v) is 10.6. The number of hydrogen-bond acceptors (Lipinski definition) is 5. The van der Waals surface area contributed by atoms with Gasteiger partial charge in [0.25, 0.3) is 5.91 Å². The molecule has 24 heavy (non-hydrogen) atoms. The summed E-state index contributed by atoms with van der Waals surface area (Å²) in [5.74, 6) is 0.164. The summed E-state index contributed by atoms with van der Waals surface area (Å²) in [5.41, 5.74) is -0.630. The zero-order chi connectivity index (χ0) is 18.4. The van der Waals surface area contributed by atoms with Crippen molar-refractivity contribution in [1.29, 1.82) is 0 Å². The molecule has 6 nitrogen and oxygen atoms in total. The molecule has 0 aromatic heterocycles. The number of amides is 1. The molecule has 136 valence electrons. The zero-order valence-electron chi connectivity index (χ0n) is 14.6. The third-order valence-electron chi connectivity index (χ3n) is 3.54. The van der Waals surface area contributed by atoms with Gasteiger partial charge in [-0.25, -0.2) is 8.42 Å². The lowest BCUT2D eigenvalue weighted by Crippen LogP contribution is -2.42.